The van der Waals surface area contributed by atoms with Crippen LogP contribution in [0.15, 0.2) is 42.0 Å². The van der Waals surface area contributed by atoms with Gasteiger partial charge < -0.3 is 20.6 Å². The van der Waals surface area contributed by atoms with Gasteiger partial charge in [0.1, 0.15) is 6.04 Å². The number of carbonyl (C=O) groups is 3. The van der Waals surface area contributed by atoms with E-state index >= 15 is 0 Å². The largest absolute Gasteiger partial charge is 0.478 e. The van der Waals surface area contributed by atoms with E-state index in [-0.39, 0.29) is 23.9 Å². The maximum atomic E-state index is 13.0. The van der Waals surface area contributed by atoms with Crippen LogP contribution in [0.1, 0.15) is 53.5 Å². The van der Waals surface area contributed by atoms with Crippen LogP contribution >= 0.6 is 0 Å². The number of carboxylic acid groups (broad SMARTS) is 1. The summed E-state index contributed by atoms with van der Waals surface area (Å²) < 4.78 is 0. The van der Waals surface area contributed by atoms with Gasteiger partial charge in [-0.25, -0.2) is 4.79 Å². The Kier molecular flexibility index (Phi) is 21.4. The Hall–Kier alpha value is -3.55. The van der Waals surface area contributed by atoms with Crippen molar-refractivity contribution in [2.24, 2.45) is 5.41 Å². The van der Waals surface area contributed by atoms with Gasteiger partial charge in [0.15, 0.2) is 0 Å². The molecule has 1 aromatic rings. The van der Waals surface area contributed by atoms with Crippen LogP contribution in [0.5, 0.6) is 0 Å². The molecule has 0 bridgehead atoms. The summed E-state index contributed by atoms with van der Waals surface area (Å²) >= 11 is 0. The van der Waals surface area contributed by atoms with Crippen molar-refractivity contribution in [1.29, 1.82) is 0 Å². The Labute approximate surface area is 218 Å². The van der Waals surface area contributed by atoms with Crippen LogP contribution < -0.4 is 10.6 Å². The van der Waals surface area contributed by atoms with E-state index in [1.54, 1.807) is 14.1 Å². The van der Waals surface area contributed by atoms with Crippen molar-refractivity contribution >= 4 is 17.8 Å². The standard InChI is InChI=1S/C22H33N3O4.C3H8.2C2H2/c1-15(21(28)29)12-13-25(6)20(27)18(22(2,3)4)24-19(26)17(23-5)14-16-10-8-7-9-11-16;1-3-2;2*1-2/h7-12,17-18,23H,13-14H2,1-6H3,(H,24,26)(H,28,29);3H2,1-2H3;2*1-2H/b15-12+;;;/t17-,18?;;;/m0.../s1. The van der Waals surface area contributed by atoms with Crippen LogP contribution in [0, 0.1) is 31.1 Å². The first-order valence-electron chi connectivity index (χ1n) is 11.7. The van der Waals surface area contributed by atoms with Crippen LogP contribution in [-0.4, -0.2) is 60.5 Å². The maximum Gasteiger partial charge on any atom is 0.331 e. The molecule has 7 nitrogen and oxygen atoms in total. The molecule has 2 amide bonds. The highest BCUT2D eigenvalue weighted by molar-refractivity contribution is 5.90. The lowest BCUT2D eigenvalue weighted by Crippen LogP contribution is -2.57. The van der Waals surface area contributed by atoms with E-state index in [0.717, 1.165) is 5.56 Å². The Morgan fingerprint density at radius 2 is 1.53 bits per heavy atom. The first-order valence-corrected chi connectivity index (χ1v) is 11.7. The number of hydrogen-bond acceptors (Lipinski definition) is 4. The highest BCUT2D eigenvalue weighted by Gasteiger charge is 2.35. The summed E-state index contributed by atoms with van der Waals surface area (Å²) in [7, 11) is 3.31. The van der Waals surface area contributed by atoms with Gasteiger partial charge in [0.05, 0.1) is 6.04 Å². The maximum absolute atomic E-state index is 13.0. The van der Waals surface area contributed by atoms with E-state index in [0.29, 0.717) is 6.42 Å². The lowest BCUT2D eigenvalue weighted by Gasteiger charge is -2.34. The highest BCUT2D eigenvalue weighted by atomic mass is 16.4. The number of terminal acetylenes is 2. The topological polar surface area (TPSA) is 98.7 Å². The molecule has 0 aromatic heterocycles. The third kappa shape index (κ3) is 15.4. The number of aliphatic carboxylic acids is 1. The van der Waals surface area contributed by atoms with Crippen LogP contribution in [0.25, 0.3) is 0 Å². The second-order valence-corrected chi connectivity index (χ2v) is 8.96. The number of nitrogens with zero attached hydrogens (tertiary/aromatic N) is 1. The zero-order valence-corrected chi connectivity index (χ0v) is 23.2. The van der Waals surface area contributed by atoms with Crippen molar-refractivity contribution in [1.82, 2.24) is 15.5 Å². The molecule has 0 spiro atoms. The second kappa shape index (κ2) is 20.8. The second-order valence-electron chi connectivity index (χ2n) is 8.96. The van der Waals surface area contributed by atoms with Crippen molar-refractivity contribution in [3.05, 3.63) is 47.5 Å². The molecule has 0 fully saturated rings. The fraction of sp³-hybridized carbons (Fsp3) is 0.483. The predicted molar refractivity (Wildman–Crippen MR) is 149 cm³/mol. The van der Waals surface area contributed by atoms with E-state index in [2.05, 4.69) is 50.2 Å². The monoisotopic (exact) mass is 499 g/mol. The van der Waals surface area contributed by atoms with Gasteiger partial charge in [-0.1, -0.05) is 77.4 Å². The lowest BCUT2D eigenvalue weighted by atomic mass is 9.85. The summed E-state index contributed by atoms with van der Waals surface area (Å²) in [6, 6.07) is 8.44. The van der Waals surface area contributed by atoms with E-state index in [9.17, 15) is 14.4 Å². The van der Waals surface area contributed by atoms with Crippen LogP contribution in [0.3, 0.4) is 0 Å². The Morgan fingerprint density at radius 1 is 1.06 bits per heavy atom. The summed E-state index contributed by atoms with van der Waals surface area (Å²) in [5, 5.41) is 14.9. The van der Waals surface area contributed by atoms with Crippen LogP contribution in [-0.2, 0) is 20.8 Å². The third-order valence-electron chi connectivity index (χ3n) is 4.73. The molecule has 0 heterocycles. The van der Waals surface area contributed by atoms with Gasteiger partial charge in [-0.3, -0.25) is 9.59 Å². The van der Waals surface area contributed by atoms with E-state index in [1.165, 1.54) is 24.3 Å². The molecule has 200 valence electrons. The highest BCUT2D eigenvalue weighted by Crippen LogP contribution is 2.21. The number of benzene rings is 1. The molecule has 0 radical (unpaired) electrons. The molecule has 0 aliphatic rings. The van der Waals surface area contributed by atoms with E-state index in [4.69, 9.17) is 5.11 Å². The minimum Gasteiger partial charge on any atom is -0.478 e. The molecule has 1 aromatic carbocycles. The Bertz CT molecular complexity index is 830. The quantitative estimate of drug-likeness (QED) is 0.355. The summed E-state index contributed by atoms with van der Waals surface area (Å²) in [5.41, 5.74) is 0.670. The van der Waals surface area contributed by atoms with Crippen LogP contribution in [0.2, 0.25) is 0 Å². The van der Waals surface area contributed by atoms with Gasteiger partial charge in [-0.2, -0.15) is 0 Å². The van der Waals surface area contributed by atoms with Crippen molar-refractivity contribution in [3.63, 3.8) is 0 Å². The molecule has 3 N–H and O–H groups in total. The van der Waals surface area contributed by atoms with Gasteiger partial charge in [-0.15, -0.1) is 25.7 Å². The average Bonchev–Trinajstić information content (AvgIpc) is 2.86. The van der Waals surface area contributed by atoms with Crippen LogP contribution in [0.4, 0.5) is 0 Å². The van der Waals surface area contributed by atoms with Crippen molar-refractivity contribution in [2.45, 2.75) is 66.5 Å². The van der Waals surface area contributed by atoms with Gasteiger partial charge in [-0.05, 0) is 31.4 Å². The number of carbonyl (C=O) groups excluding carboxylic acids is 2. The molecule has 0 saturated carbocycles. The van der Waals surface area contributed by atoms with Gasteiger partial charge in [0, 0.05) is 19.2 Å². The Balaban J connectivity index is -0.00000141. The molecule has 1 unspecified atom stereocenters. The average molecular weight is 500 g/mol. The zero-order valence-electron chi connectivity index (χ0n) is 23.2. The molecule has 0 saturated heterocycles. The summed E-state index contributed by atoms with van der Waals surface area (Å²) in [6.45, 7) is 11.5. The first-order chi connectivity index (χ1) is 16.9. The van der Waals surface area contributed by atoms with E-state index < -0.39 is 23.5 Å². The summed E-state index contributed by atoms with van der Waals surface area (Å²) in [5.74, 6) is -1.55. The molecule has 1 rings (SSSR count). The minimum atomic E-state index is -1.02. The van der Waals surface area contributed by atoms with Crippen molar-refractivity contribution < 1.29 is 19.5 Å². The number of amides is 2. The zero-order chi connectivity index (χ0) is 28.9. The predicted octanol–water partition coefficient (Wildman–Crippen LogP) is 3.75. The summed E-state index contributed by atoms with van der Waals surface area (Å²) in [6.07, 6.45) is 19.2. The molecule has 0 aliphatic heterocycles. The third-order valence-corrected chi connectivity index (χ3v) is 4.73. The fourth-order valence-corrected chi connectivity index (χ4v) is 2.74. The lowest BCUT2D eigenvalue weighted by molar-refractivity contribution is -0.138. The van der Waals surface area contributed by atoms with Gasteiger partial charge >= 0.3 is 5.97 Å². The number of nitrogens with one attached hydrogen (secondary N) is 2. The first kappa shape index (κ1) is 37.0. The van der Waals surface area contributed by atoms with E-state index in [1.807, 2.05) is 51.1 Å². The molecule has 0 aliphatic carbocycles. The number of carboxylic acids is 1. The molecule has 7 heteroatoms. The smallest absolute Gasteiger partial charge is 0.331 e. The molecule has 2 atom stereocenters. The fourth-order valence-electron chi connectivity index (χ4n) is 2.74. The normalized spacial score (nSPS) is 11.9. The number of hydrogen-bond donors (Lipinski definition) is 3. The number of rotatable bonds is 9. The molecular weight excluding hydrogens is 454 g/mol. The molecular formula is C29H45N3O4. The van der Waals surface area contributed by atoms with Gasteiger partial charge in [0.25, 0.3) is 0 Å². The Morgan fingerprint density at radius 3 is 1.92 bits per heavy atom. The summed E-state index contributed by atoms with van der Waals surface area (Å²) in [4.78, 5) is 38.2. The van der Waals surface area contributed by atoms with Gasteiger partial charge in [0.2, 0.25) is 11.8 Å². The minimum absolute atomic E-state index is 0.152. The molecule has 36 heavy (non-hydrogen) atoms. The number of likely N-dealkylation sites (N-methyl/N-ethyl adjacent to an activating group) is 2. The van der Waals surface area contributed by atoms with Crippen molar-refractivity contribution in [2.75, 3.05) is 20.6 Å². The van der Waals surface area contributed by atoms with Crippen molar-refractivity contribution in [3.8, 4) is 25.7 Å². The SMILES string of the molecule is C#C.C#C.CCC.CN[C@@H](Cc1ccccc1)C(=O)NC(C(=O)N(C)C/C=C(\C)C(=O)O)C(C)(C)C.